The molecule has 0 radical (unpaired) electrons. The van der Waals surface area contributed by atoms with Crippen molar-refractivity contribution in [3.63, 3.8) is 0 Å². The Morgan fingerprint density at radius 1 is 1.09 bits per heavy atom. The minimum atomic E-state index is -0.675. The smallest absolute Gasteiger partial charge is 0.255 e. The zero-order valence-corrected chi connectivity index (χ0v) is 18.9. The number of nitrogens with one attached hydrogen (secondary N) is 1. The van der Waals surface area contributed by atoms with Crippen LogP contribution in [-0.2, 0) is 5.41 Å². The maximum absolute atomic E-state index is 13.0. The largest absolute Gasteiger partial charge is 0.322 e. The fourth-order valence-corrected chi connectivity index (χ4v) is 3.91. The number of hydrogen-bond donors (Lipinski definition) is 1. The van der Waals surface area contributed by atoms with Crippen LogP contribution in [0.15, 0.2) is 71.7 Å². The molecule has 0 bridgehead atoms. The SMILES string of the molecule is Cc1ccc(NC(=O)c2cccc(C(C)(C)C#N)c2)cc1N1c2ccccc2N=CC1Cl. The molecule has 1 atom stereocenters. The molecule has 32 heavy (non-hydrogen) atoms. The molecular weight excluding hydrogens is 420 g/mol. The summed E-state index contributed by atoms with van der Waals surface area (Å²) in [6.07, 6.45) is 1.71. The number of benzene rings is 3. The van der Waals surface area contributed by atoms with Crippen molar-refractivity contribution in [1.82, 2.24) is 0 Å². The Morgan fingerprint density at radius 2 is 1.88 bits per heavy atom. The van der Waals surface area contributed by atoms with E-state index in [0.717, 1.165) is 28.2 Å². The van der Waals surface area contributed by atoms with Crippen molar-refractivity contribution in [2.24, 2.45) is 4.99 Å². The number of amides is 1. The van der Waals surface area contributed by atoms with Gasteiger partial charge in [0, 0.05) is 23.2 Å². The van der Waals surface area contributed by atoms with E-state index in [1.807, 2.05) is 74.2 Å². The minimum Gasteiger partial charge on any atom is -0.322 e. The van der Waals surface area contributed by atoms with Gasteiger partial charge >= 0.3 is 0 Å². The summed E-state index contributed by atoms with van der Waals surface area (Å²) in [5, 5.41) is 12.4. The number of aryl methyl sites for hydroxylation is 1. The van der Waals surface area contributed by atoms with Crippen LogP contribution in [0.25, 0.3) is 0 Å². The van der Waals surface area contributed by atoms with Crippen LogP contribution < -0.4 is 10.2 Å². The zero-order valence-electron chi connectivity index (χ0n) is 18.1. The Kier molecular flexibility index (Phi) is 5.73. The van der Waals surface area contributed by atoms with Crippen molar-refractivity contribution in [3.05, 3.63) is 83.4 Å². The number of nitriles is 1. The van der Waals surface area contributed by atoms with E-state index >= 15 is 0 Å². The van der Waals surface area contributed by atoms with Gasteiger partial charge in [0.05, 0.1) is 22.9 Å². The fourth-order valence-electron chi connectivity index (χ4n) is 3.64. The van der Waals surface area contributed by atoms with Gasteiger partial charge < -0.3 is 10.2 Å². The summed E-state index contributed by atoms with van der Waals surface area (Å²) < 4.78 is 0. The van der Waals surface area contributed by atoms with Gasteiger partial charge in [0.2, 0.25) is 0 Å². The van der Waals surface area contributed by atoms with Crippen LogP contribution in [0.4, 0.5) is 22.7 Å². The molecule has 1 aliphatic heterocycles. The van der Waals surface area contributed by atoms with Crippen LogP contribution in [0, 0.1) is 18.3 Å². The average Bonchev–Trinajstić information content (AvgIpc) is 2.80. The van der Waals surface area contributed by atoms with Gasteiger partial charge in [-0.1, -0.05) is 41.9 Å². The molecule has 0 aliphatic carbocycles. The molecule has 160 valence electrons. The number of fused-ring (bicyclic) bond motifs is 1. The van der Waals surface area contributed by atoms with Gasteiger partial charge in [-0.25, -0.2) is 0 Å². The standard InChI is InChI=1S/C26H23ClN4O/c1-17-11-12-20(30-25(32)18-7-6-8-19(13-18)26(2,3)16-28)14-23(17)31-22-10-5-4-9-21(22)29-15-24(31)27/h4-15,24H,1-3H3,(H,30,32). The Morgan fingerprint density at radius 3 is 2.66 bits per heavy atom. The maximum atomic E-state index is 13.0. The van der Waals surface area contributed by atoms with E-state index in [4.69, 9.17) is 11.6 Å². The van der Waals surface area contributed by atoms with Crippen LogP contribution in [0.5, 0.6) is 0 Å². The summed E-state index contributed by atoms with van der Waals surface area (Å²) in [6, 6.07) is 23.0. The summed E-state index contributed by atoms with van der Waals surface area (Å²) in [7, 11) is 0. The molecule has 0 aromatic heterocycles. The number of anilines is 3. The van der Waals surface area contributed by atoms with Crippen LogP contribution in [0.1, 0.15) is 35.3 Å². The van der Waals surface area contributed by atoms with Crippen molar-refractivity contribution >= 4 is 46.5 Å². The number of nitrogens with zero attached hydrogens (tertiary/aromatic N) is 3. The van der Waals surface area contributed by atoms with Gasteiger partial charge in [-0.2, -0.15) is 5.26 Å². The molecule has 3 aromatic carbocycles. The lowest BCUT2D eigenvalue weighted by molar-refractivity contribution is 0.102. The number of para-hydroxylation sites is 2. The molecule has 0 saturated carbocycles. The fraction of sp³-hybridized carbons (Fsp3) is 0.192. The number of alkyl halides is 1. The number of rotatable bonds is 4. The highest BCUT2D eigenvalue weighted by Crippen LogP contribution is 2.41. The molecule has 4 rings (SSSR count). The quantitative estimate of drug-likeness (QED) is 0.372. The lowest BCUT2D eigenvalue weighted by atomic mass is 9.85. The highest BCUT2D eigenvalue weighted by Gasteiger charge is 2.25. The van der Waals surface area contributed by atoms with Crippen molar-refractivity contribution < 1.29 is 4.79 Å². The monoisotopic (exact) mass is 442 g/mol. The van der Waals surface area contributed by atoms with Gasteiger partial charge in [-0.15, -0.1) is 0 Å². The molecule has 1 amide bonds. The number of hydrogen-bond acceptors (Lipinski definition) is 4. The molecule has 5 nitrogen and oxygen atoms in total. The summed E-state index contributed by atoms with van der Waals surface area (Å²) in [5.74, 6) is -0.238. The molecule has 1 aliphatic rings. The Bertz CT molecular complexity index is 1260. The summed E-state index contributed by atoms with van der Waals surface area (Å²) >= 11 is 6.61. The summed E-state index contributed by atoms with van der Waals surface area (Å²) in [6.45, 7) is 5.67. The Labute approximate surface area is 193 Å². The normalized spacial score (nSPS) is 15.1. The molecule has 1 N–H and O–H groups in total. The molecular formula is C26H23ClN4O. The molecule has 6 heteroatoms. The number of aliphatic imine (C=N–C) groups is 1. The number of halogens is 1. The van der Waals surface area contributed by atoms with E-state index in [1.165, 1.54) is 0 Å². The first kappa shape index (κ1) is 21.6. The Balaban J connectivity index is 1.65. The maximum Gasteiger partial charge on any atom is 0.255 e. The van der Waals surface area contributed by atoms with Crippen LogP contribution >= 0.6 is 11.6 Å². The van der Waals surface area contributed by atoms with E-state index in [1.54, 1.807) is 24.4 Å². The molecule has 0 spiro atoms. The topological polar surface area (TPSA) is 68.5 Å². The highest BCUT2D eigenvalue weighted by molar-refractivity contribution is 6.31. The third-order valence-electron chi connectivity index (χ3n) is 5.58. The highest BCUT2D eigenvalue weighted by atomic mass is 35.5. The first-order valence-electron chi connectivity index (χ1n) is 10.3. The van der Waals surface area contributed by atoms with Crippen molar-refractivity contribution in [3.8, 4) is 6.07 Å². The van der Waals surface area contributed by atoms with E-state index < -0.39 is 10.9 Å². The van der Waals surface area contributed by atoms with Crippen LogP contribution in [0.3, 0.4) is 0 Å². The molecule has 1 unspecified atom stereocenters. The Hall–Kier alpha value is -3.62. The zero-order chi connectivity index (χ0) is 22.9. The van der Waals surface area contributed by atoms with E-state index in [0.29, 0.717) is 11.3 Å². The second-order valence-electron chi connectivity index (χ2n) is 8.28. The molecule has 0 saturated heterocycles. The summed E-state index contributed by atoms with van der Waals surface area (Å²) in [5.41, 5.74) is 4.50. The lowest BCUT2D eigenvalue weighted by Crippen LogP contribution is -2.30. The third kappa shape index (κ3) is 4.10. The predicted molar refractivity (Wildman–Crippen MR) is 131 cm³/mol. The predicted octanol–water partition coefficient (Wildman–Crippen LogP) is 6.47. The second kappa shape index (κ2) is 8.49. The number of carbonyl (C=O) groups is 1. The second-order valence-corrected chi connectivity index (χ2v) is 8.73. The van der Waals surface area contributed by atoms with Gasteiger partial charge in [0.15, 0.2) is 0 Å². The summed E-state index contributed by atoms with van der Waals surface area (Å²) in [4.78, 5) is 19.4. The van der Waals surface area contributed by atoms with Crippen LogP contribution in [0.2, 0.25) is 0 Å². The molecule has 1 heterocycles. The minimum absolute atomic E-state index is 0.238. The van der Waals surface area contributed by atoms with Gasteiger partial charge in [-0.05, 0) is 68.3 Å². The van der Waals surface area contributed by atoms with Gasteiger partial charge in [0.1, 0.15) is 5.50 Å². The van der Waals surface area contributed by atoms with E-state index in [2.05, 4.69) is 16.4 Å². The first-order valence-corrected chi connectivity index (χ1v) is 10.7. The molecule has 3 aromatic rings. The van der Waals surface area contributed by atoms with E-state index in [-0.39, 0.29) is 5.91 Å². The van der Waals surface area contributed by atoms with Gasteiger partial charge in [-0.3, -0.25) is 9.79 Å². The number of carbonyl (C=O) groups excluding carboxylic acids is 1. The lowest BCUT2D eigenvalue weighted by Gasteiger charge is -2.32. The van der Waals surface area contributed by atoms with E-state index in [9.17, 15) is 10.1 Å². The first-order chi connectivity index (χ1) is 15.3. The van der Waals surface area contributed by atoms with Crippen molar-refractivity contribution in [2.75, 3.05) is 10.2 Å². The third-order valence-corrected chi connectivity index (χ3v) is 5.88. The van der Waals surface area contributed by atoms with Gasteiger partial charge in [0.25, 0.3) is 5.91 Å². The van der Waals surface area contributed by atoms with Crippen LogP contribution in [-0.4, -0.2) is 17.6 Å². The van der Waals surface area contributed by atoms with Crippen molar-refractivity contribution in [2.45, 2.75) is 31.7 Å². The van der Waals surface area contributed by atoms with Crippen molar-refractivity contribution in [1.29, 1.82) is 5.26 Å². The molecule has 0 fully saturated rings. The average molecular weight is 443 g/mol.